The van der Waals surface area contributed by atoms with E-state index in [0.717, 1.165) is 19.1 Å². The summed E-state index contributed by atoms with van der Waals surface area (Å²) in [7, 11) is 0. The van der Waals surface area contributed by atoms with E-state index in [1.165, 1.54) is 32.5 Å². The number of hydrogen-bond acceptors (Lipinski definition) is 2. The standard InChI is InChI=1S/C13H27NO/c1-5-14-8-6-7-12(9-14)10-15-11-13(2,3)4/h12H,5-11H2,1-4H3. The molecule has 0 bridgehead atoms. The number of ether oxygens (including phenoxy) is 1. The molecule has 90 valence electrons. The quantitative estimate of drug-likeness (QED) is 0.712. The van der Waals surface area contributed by atoms with Gasteiger partial charge in [0.15, 0.2) is 0 Å². The molecule has 15 heavy (non-hydrogen) atoms. The van der Waals surface area contributed by atoms with Crippen molar-refractivity contribution in [2.45, 2.75) is 40.5 Å². The van der Waals surface area contributed by atoms with Gasteiger partial charge in [-0.15, -0.1) is 0 Å². The molecule has 0 aliphatic carbocycles. The van der Waals surface area contributed by atoms with Gasteiger partial charge >= 0.3 is 0 Å². The maximum atomic E-state index is 5.80. The maximum absolute atomic E-state index is 5.80. The van der Waals surface area contributed by atoms with Gasteiger partial charge in [-0.1, -0.05) is 27.7 Å². The predicted octanol–water partition coefficient (Wildman–Crippen LogP) is 2.78. The van der Waals surface area contributed by atoms with Crippen LogP contribution < -0.4 is 0 Å². The van der Waals surface area contributed by atoms with Crippen LogP contribution in [-0.2, 0) is 4.74 Å². The minimum atomic E-state index is 0.305. The highest BCUT2D eigenvalue weighted by Gasteiger charge is 2.19. The average Bonchev–Trinajstić information content (AvgIpc) is 2.16. The monoisotopic (exact) mass is 213 g/mol. The summed E-state index contributed by atoms with van der Waals surface area (Å²) in [6, 6.07) is 0. The molecule has 2 heteroatoms. The summed E-state index contributed by atoms with van der Waals surface area (Å²) >= 11 is 0. The van der Waals surface area contributed by atoms with Crippen molar-refractivity contribution in [3.05, 3.63) is 0 Å². The van der Waals surface area contributed by atoms with Gasteiger partial charge in [0, 0.05) is 6.54 Å². The van der Waals surface area contributed by atoms with Gasteiger partial charge in [0.1, 0.15) is 0 Å². The van der Waals surface area contributed by atoms with Gasteiger partial charge in [-0.3, -0.25) is 0 Å². The molecule has 1 fully saturated rings. The maximum Gasteiger partial charge on any atom is 0.0514 e. The van der Waals surface area contributed by atoms with E-state index in [4.69, 9.17) is 4.74 Å². The second-order valence-electron chi connectivity index (χ2n) is 5.98. The minimum absolute atomic E-state index is 0.305. The van der Waals surface area contributed by atoms with E-state index in [1.54, 1.807) is 0 Å². The van der Waals surface area contributed by atoms with Crippen LogP contribution in [0.2, 0.25) is 0 Å². The summed E-state index contributed by atoms with van der Waals surface area (Å²) in [6.07, 6.45) is 2.69. The number of likely N-dealkylation sites (tertiary alicyclic amines) is 1. The Balaban J connectivity index is 2.15. The molecule has 0 amide bonds. The highest BCUT2D eigenvalue weighted by molar-refractivity contribution is 4.72. The molecular weight excluding hydrogens is 186 g/mol. The number of hydrogen-bond donors (Lipinski definition) is 0. The first-order valence-corrected chi connectivity index (χ1v) is 6.31. The first-order valence-electron chi connectivity index (χ1n) is 6.31. The van der Waals surface area contributed by atoms with Crippen LogP contribution in [0.25, 0.3) is 0 Å². The van der Waals surface area contributed by atoms with Gasteiger partial charge in [-0.25, -0.2) is 0 Å². The molecule has 1 unspecified atom stereocenters. The Morgan fingerprint density at radius 2 is 2.07 bits per heavy atom. The second-order valence-corrected chi connectivity index (χ2v) is 5.98. The van der Waals surface area contributed by atoms with Crippen molar-refractivity contribution in [2.24, 2.45) is 11.3 Å². The molecule has 0 aromatic heterocycles. The van der Waals surface area contributed by atoms with Gasteiger partial charge < -0.3 is 9.64 Å². The Kier molecular flexibility index (Phi) is 5.07. The van der Waals surface area contributed by atoms with Crippen molar-refractivity contribution in [3.8, 4) is 0 Å². The summed E-state index contributed by atoms with van der Waals surface area (Å²) in [5, 5.41) is 0. The van der Waals surface area contributed by atoms with E-state index < -0.39 is 0 Å². The Morgan fingerprint density at radius 1 is 1.33 bits per heavy atom. The lowest BCUT2D eigenvalue weighted by Gasteiger charge is -2.32. The first-order chi connectivity index (χ1) is 7.01. The smallest absolute Gasteiger partial charge is 0.0514 e. The Bertz CT molecular complexity index is 174. The normalized spacial score (nSPS) is 24.4. The molecule has 1 aliphatic heterocycles. The second kappa shape index (κ2) is 5.86. The van der Waals surface area contributed by atoms with Gasteiger partial charge in [-0.2, -0.15) is 0 Å². The fraction of sp³-hybridized carbons (Fsp3) is 1.00. The van der Waals surface area contributed by atoms with Crippen LogP contribution >= 0.6 is 0 Å². The molecule has 0 radical (unpaired) electrons. The predicted molar refractivity (Wildman–Crippen MR) is 65.1 cm³/mol. The zero-order chi connectivity index (χ0) is 11.3. The molecule has 0 spiro atoms. The lowest BCUT2D eigenvalue weighted by atomic mass is 9.97. The Labute approximate surface area is 95.0 Å². The van der Waals surface area contributed by atoms with Crippen LogP contribution in [0, 0.1) is 11.3 Å². The van der Waals surface area contributed by atoms with Crippen molar-refractivity contribution in [1.29, 1.82) is 0 Å². The summed E-state index contributed by atoms with van der Waals surface area (Å²) in [4.78, 5) is 2.54. The van der Waals surface area contributed by atoms with Gasteiger partial charge in [0.05, 0.1) is 13.2 Å². The van der Waals surface area contributed by atoms with Crippen LogP contribution in [0.15, 0.2) is 0 Å². The van der Waals surface area contributed by atoms with Gasteiger partial charge in [0.2, 0.25) is 0 Å². The van der Waals surface area contributed by atoms with Crippen molar-refractivity contribution in [1.82, 2.24) is 4.90 Å². The van der Waals surface area contributed by atoms with Crippen LogP contribution in [-0.4, -0.2) is 37.7 Å². The van der Waals surface area contributed by atoms with E-state index in [-0.39, 0.29) is 0 Å². The highest BCUT2D eigenvalue weighted by Crippen LogP contribution is 2.18. The molecule has 0 saturated carbocycles. The van der Waals surface area contributed by atoms with Crippen LogP contribution in [0.5, 0.6) is 0 Å². The van der Waals surface area contributed by atoms with Gasteiger partial charge in [0.25, 0.3) is 0 Å². The van der Waals surface area contributed by atoms with Crippen molar-refractivity contribution < 1.29 is 4.74 Å². The van der Waals surface area contributed by atoms with Crippen molar-refractivity contribution in [3.63, 3.8) is 0 Å². The SMILES string of the molecule is CCN1CCCC(COCC(C)(C)C)C1. The summed E-state index contributed by atoms with van der Waals surface area (Å²) in [5.41, 5.74) is 0.305. The highest BCUT2D eigenvalue weighted by atomic mass is 16.5. The average molecular weight is 213 g/mol. The Hall–Kier alpha value is -0.0800. The third-order valence-electron chi connectivity index (χ3n) is 2.94. The molecule has 1 atom stereocenters. The number of rotatable bonds is 4. The van der Waals surface area contributed by atoms with E-state index in [0.29, 0.717) is 5.41 Å². The number of piperidine rings is 1. The zero-order valence-electron chi connectivity index (χ0n) is 10.9. The first kappa shape index (κ1) is 13.0. The molecule has 0 aromatic carbocycles. The molecule has 1 heterocycles. The van der Waals surface area contributed by atoms with Gasteiger partial charge in [-0.05, 0) is 37.3 Å². The fourth-order valence-corrected chi connectivity index (χ4v) is 2.11. The minimum Gasteiger partial charge on any atom is -0.381 e. The van der Waals surface area contributed by atoms with E-state index >= 15 is 0 Å². The van der Waals surface area contributed by atoms with Crippen LogP contribution in [0.3, 0.4) is 0 Å². The lowest BCUT2D eigenvalue weighted by molar-refractivity contribution is 0.0262. The van der Waals surface area contributed by atoms with E-state index in [9.17, 15) is 0 Å². The summed E-state index contributed by atoms with van der Waals surface area (Å²) in [5.74, 6) is 0.765. The molecular formula is C13H27NO. The molecule has 1 rings (SSSR count). The molecule has 0 aromatic rings. The summed E-state index contributed by atoms with van der Waals surface area (Å²) < 4.78 is 5.80. The third-order valence-corrected chi connectivity index (χ3v) is 2.94. The largest absolute Gasteiger partial charge is 0.381 e. The molecule has 2 nitrogen and oxygen atoms in total. The fourth-order valence-electron chi connectivity index (χ4n) is 2.11. The zero-order valence-corrected chi connectivity index (χ0v) is 10.9. The van der Waals surface area contributed by atoms with Crippen molar-refractivity contribution >= 4 is 0 Å². The molecule has 1 saturated heterocycles. The van der Waals surface area contributed by atoms with E-state index in [1.807, 2.05) is 0 Å². The number of nitrogens with zero attached hydrogens (tertiary/aromatic N) is 1. The molecule has 0 N–H and O–H groups in total. The topological polar surface area (TPSA) is 12.5 Å². The summed E-state index contributed by atoms with van der Waals surface area (Å²) in [6.45, 7) is 14.5. The molecule has 1 aliphatic rings. The third kappa shape index (κ3) is 5.53. The van der Waals surface area contributed by atoms with Crippen LogP contribution in [0.4, 0.5) is 0 Å². The van der Waals surface area contributed by atoms with Crippen molar-refractivity contribution in [2.75, 3.05) is 32.8 Å². The Morgan fingerprint density at radius 3 is 2.67 bits per heavy atom. The van der Waals surface area contributed by atoms with E-state index in [2.05, 4.69) is 32.6 Å². The van der Waals surface area contributed by atoms with Crippen LogP contribution in [0.1, 0.15) is 40.5 Å². The lowest BCUT2D eigenvalue weighted by Crippen LogP contribution is -2.37.